The molecule has 1 aromatic heterocycles. The van der Waals surface area contributed by atoms with Gasteiger partial charge in [-0.05, 0) is 42.2 Å². The number of hydrogen-bond acceptors (Lipinski definition) is 13. The predicted octanol–water partition coefficient (Wildman–Crippen LogP) is 4.07. The zero-order valence-electron chi connectivity index (χ0n) is 31.4. The maximum Gasteiger partial charge on any atom is 0.346 e. The lowest BCUT2D eigenvalue weighted by molar-refractivity contribution is -0.383. The van der Waals surface area contributed by atoms with Gasteiger partial charge in [-0.15, -0.1) is 0 Å². The summed E-state index contributed by atoms with van der Waals surface area (Å²) < 4.78 is 34.3. The van der Waals surface area contributed by atoms with Gasteiger partial charge in [0.15, 0.2) is 6.10 Å². The molecule has 14 heteroatoms. The van der Waals surface area contributed by atoms with E-state index in [9.17, 15) is 29.4 Å². The van der Waals surface area contributed by atoms with Crippen LogP contribution in [0.3, 0.4) is 0 Å². The lowest BCUT2D eigenvalue weighted by Gasteiger charge is -2.50. The van der Waals surface area contributed by atoms with Gasteiger partial charge in [-0.1, -0.05) is 77.1 Å². The summed E-state index contributed by atoms with van der Waals surface area (Å²) in [5.74, 6) is -6.40. The number of ether oxygens (including phenoxy) is 6. The number of allylic oxidation sites excluding steroid dienone is 1. The Morgan fingerprint density at radius 1 is 1.09 bits per heavy atom. The standard InChI is InChI=1S/C39H52N2O12/c1-9-23(2)19-24(3)15-16-30(43)51-34-32(44)37(18-17-25(4)31(50-27(6)42)26(5)20-28-13-11-10-12-14-28)52-33(29-21-40-22-41-29)38(47,35(45)48-7)39(34,53-37)36(46)49-8/h10-16,21-24,26,31-34,44,47H,4,9,17-20H2,1-3,5-8H3,(H,40,41)/b16-15+/t23-,24+,26+,31+,32+,33+,34+,37+,38+,39+/m0/s1. The number of nitrogens with zero attached hydrogens (tertiary/aromatic N) is 1. The minimum atomic E-state index is -3.11. The van der Waals surface area contributed by atoms with Crippen molar-refractivity contribution in [2.45, 2.75) is 108 Å². The first kappa shape index (κ1) is 41.4. The third kappa shape index (κ3) is 8.25. The van der Waals surface area contributed by atoms with Crippen LogP contribution < -0.4 is 0 Å². The number of esters is 4. The van der Waals surface area contributed by atoms with Crippen molar-refractivity contribution < 1.29 is 57.8 Å². The summed E-state index contributed by atoms with van der Waals surface area (Å²) in [5, 5.41) is 24.6. The Hall–Kier alpha value is -4.37. The molecule has 2 aromatic rings. The number of fused-ring (bicyclic) bond motifs is 2. The summed E-state index contributed by atoms with van der Waals surface area (Å²) in [6.45, 7) is 13.5. The molecule has 14 nitrogen and oxygen atoms in total. The number of rotatable bonds is 17. The lowest BCUT2D eigenvalue weighted by atomic mass is 9.73. The van der Waals surface area contributed by atoms with Crippen LogP contribution in [0.25, 0.3) is 0 Å². The molecule has 0 unspecified atom stereocenters. The maximum atomic E-state index is 14.0. The van der Waals surface area contributed by atoms with E-state index in [1.807, 2.05) is 44.2 Å². The van der Waals surface area contributed by atoms with E-state index in [-0.39, 0.29) is 30.4 Å². The van der Waals surface area contributed by atoms with Gasteiger partial charge in [-0.25, -0.2) is 19.4 Å². The van der Waals surface area contributed by atoms with Gasteiger partial charge in [0.25, 0.3) is 0 Å². The average Bonchev–Trinajstić information content (AvgIpc) is 3.75. The quantitative estimate of drug-likeness (QED) is 0.0911. The largest absolute Gasteiger partial charge is 0.467 e. The normalized spacial score (nSPS) is 28.7. The molecule has 3 N–H and O–H groups in total. The van der Waals surface area contributed by atoms with Gasteiger partial charge >= 0.3 is 23.9 Å². The monoisotopic (exact) mass is 740 g/mol. The predicted molar refractivity (Wildman–Crippen MR) is 189 cm³/mol. The van der Waals surface area contributed by atoms with Crippen LogP contribution in [0.15, 0.2) is 67.2 Å². The van der Waals surface area contributed by atoms with Gasteiger partial charge in [0.2, 0.25) is 17.0 Å². The van der Waals surface area contributed by atoms with Crippen LogP contribution in [0, 0.1) is 17.8 Å². The molecule has 0 radical (unpaired) electrons. The molecular weight excluding hydrogens is 688 g/mol. The summed E-state index contributed by atoms with van der Waals surface area (Å²) in [6, 6.07) is 9.61. The van der Waals surface area contributed by atoms with Crippen molar-refractivity contribution in [3.8, 4) is 0 Å². The minimum absolute atomic E-state index is 0.00453. The molecule has 290 valence electrons. The minimum Gasteiger partial charge on any atom is -0.467 e. The number of aliphatic hydroxyl groups excluding tert-OH is 1. The third-order valence-corrected chi connectivity index (χ3v) is 10.2. The number of benzene rings is 1. The van der Waals surface area contributed by atoms with E-state index < -0.39 is 65.3 Å². The molecule has 0 aliphatic carbocycles. The molecule has 2 aliphatic rings. The molecule has 0 saturated carbocycles. The SMILES string of the molecule is C=C(CC[C@@]12O[C@H](c3cnc[nH]3)[C@@](O)(C(=O)OC)[C@@](C(=O)OC)(O1)[C@H](OC(=O)/C=C/[C@@H](C)C[C@@H](C)CC)[C@H]2O)[C@@H](OC(C)=O)[C@H](C)Cc1ccccc1. The van der Waals surface area contributed by atoms with Crippen molar-refractivity contribution in [3.05, 3.63) is 78.4 Å². The summed E-state index contributed by atoms with van der Waals surface area (Å²) >= 11 is 0. The number of imidazole rings is 1. The van der Waals surface area contributed by atoms with Crippen LogP contribution in [0.2, 0.25) is 0 Å². The number of carbonyl (C=O) groups is 4. The molecule has 53 heavy (non-hydrogen) atoms. The number of aliphatic hydroxyl groups is 2. The number of carbonyl (C=O) groups excluding carboxylic acids is 4. The van der Waals surface area contributed by atoms with Crippen molar-refractivity contribution in [1.29, 1.82) is 0 Å². The summed E-state index contributed by atoms with van der Waals surface area (Å²) in [5.41, 5.74) is -4.60. The van der Waals surface area contributed by atoms with Crippen LogP contribution >= 0.6 is 0 Å². The molecule has 0 amide bonds. The molecule has 2 aliphatic heterocycles. The maximum absolute atomic E-state index is 14.0. The Kier molecular flexibility index (Phi) is 13.4. The molecule has 4 rings (SSSR count). The fraction of sp³-hybridized carbons (Fsp3) is 0.564. The molecule has 2 saturated heterocycles. The van der Waals surface area contributed by atoms with Gasteiger partial charge in [0, 0.05) is 25.3 Å². The summed E-state index contributed by atoms with van der Waals surface area (Å²) in [4.78, 5) is 60.2. The molecule has 2 bridgehead atoms. The summed E-state index contributed by atoms with van der Waals surface area (Å²) in [7, 11) is 1.96. The zero-order valence-corrected chi connectivity index (χ0v) is 31.4. The summed E-state index contributed by atoms with van der Waals surface area (Å²) in [6.07, 6.45) is 0.611. The van der Waals surface area contributed by atoms with Crippen molar-refractivity contribution in [2.75, 3.05) is 14.2 Å². The third-order valence-electron chi connectivity index (χ3n) is 10.2. The number of aromatic nitrogens is 2. The van der Waals surface area contributed by atoms with Crippen molar-refractivity contribution in [3.63, 3.8) is 0 Å². The molecule has 10 atom stereocenters. The lowest BCUT2D eigenvalue weighted by Crippen LogP contribution is -2.74. The molecule has 2 fully saturated rings. The van der Waals surface area contributed by atoms with E-state index in [0.29, 0.717) is 17.9 Å². The van der Waals surface area contributed by atoms with Gasteiger partial charge in [0.05, 0.1) is 32.4 Å². The Balaban J connectivity index is 1.78. The second kappa shape index (κ2) is 17.2. The molecule has 3 heterocycles. The molecule has 1 aromatic carbocycles. The second-order valence-corrected chi connectivity index (χ2v) is 14.1. The average molecular weight is 741 g/mol. The molecular formula is C39H52N2O12. The van der Waals surface area contributed by atoms with Crippen molar-refractivity contribution in [2.24, 2.45) is 17.8 Å². The first-order valence-corrected chi connectivity index (χ1v) is 17.8. The molecule has 0 spiro atoms. The van der Waals surface area contributed by atoms with E-state index in [0.717, 1.165) is 38.7 Å². The van der Waals surface area contributed by atoms with Gasteiger partial charge < -0.3 is 43.6 Å². The van der Waals surface area contributed by atoms with Crippen molar-refractivity contribution in [1.82, 2.24) is 9.97 Å². The number of aromatic amines is 1. The Morgan fingerprint density at radius 3 is 2.36 bits per heavy atom. The fourth-order valence-electron chi connectivity index (χ4n) is 7.33. The van der Waals surface area contributed by atoms with Gasteiger partial charge in [-0.3, -0.25) is 4.79 Å². The van der Waals surface area contributed by atoms with E-state index >= 15 is 0 Å². The highest BCUT2D eigenvalue weighted by molar-refractivity contribution is 5.95. The van der Waals surface area contributed by atoms with Crippen LogP contribution in [-0.2, 0) is 54.0 Å². The number of hydrogen-bond donors (Lipinski definition) is 3. The van der Waals surface area contributed by atoms with Gasteiger partial charge in [-0.2, -0.15) is 0 Å². The second-order valence-electron chi connectivity index (χ2n) is 14.1. The first-order chi connectivity index (χ1) is 25.1. The number of H-pyrrole nitrogens is 1. The van der Waals surface area contributed by atoms with E-state index in [4.69, 9.17) is 28.4 Å². The van der Waals surface area contributed by atoms with E-state index in [1.54, 1.807) is 6.08 Å². The Bertz CT molecular complexity index is 1630. The van der Waals surface area contributed by atoms with Crippen LogP contribution in [0.4, 0.5) is 0 Å². The fourth-order valence-corrected chi connectivity index (χ4v) is 7.33. The van der Waals surface area contributed by atoms with Crippen LogP contribution in [0.1, 0.15) is 77.7 Å². The van der Waals surface area contributed by atoms with Crippen LogP contribution in [-0.4, -0.2) is 93.6 Å². The van der Waals surface area contributed by atoms with Crippen LogP contribution in [0.5, 0.6) is 0 Å². The highest BCUT2D eigenvalue weighted by Gasteiger charge is 2.85. The van der Waals surface area contributed by atoms with E-state index in [2.05, 4.69) is 30.4 Å². The smallest absolute Gasteiger partial charge is 0.346 e. The zero-order chi connectivity index (χ0) is 39.1. The number of methoxy groups -OCH3 is 2. The first-order valence-electron chi connectivity index (χ1n) is 17.8. The Morgan fingerprint density at radius 2 is 1.77 bits per heavy atom. The number of nitrogens with one attached hydrogen (secondary N) is 1. The van der Waals surface area contributed by atoms with Gasteiger partial charge in [0.1, 0.15) is 18.3 Å². The van der Waals surface area contributed by atoms with Crippen molar-refractivity contribution >= 4 is 23.9 Å². The highest BCUT2D eigenvalue weighted by Crippen LogP contribution is 2.60. The Labute approximate surface area is 309 Å². The van der Waals surface area contributed by atoms with E-state index in [1.165, 1.54) is 19.4 Å². The highest BCUT2D eigenvalue weighted by atomic mass is 16.8. The topological polar surface area (TPSA) is 193 Å².